The highest BCUT2D eigenvalue weighted by atomic mass is 15.1. The minimum Gasteiger partial charge on any atom is -0.372 e. The van der Waals surface area contributed by atoms with Crippen LogP contribution >= 0.6 is 0 Å². The molecule has 0 aliphatic heterocycles. The van der Waals surface area contributed by atoms with Crippen LogP contribution < -0.4 is 9.47 Å². The predicted octanol–water partition coefficient (Wildman–Crippen LogP) is 7.02. The summed E-state index contributed by atoms with van der Waals surface area (Å²) in [6, 6.07) is 19.9. The molecule has 1 heterocycles. The Morgan fingerprint density at radius 3 is 2.10 bits per heavy atom. The number of nitrogens with zero attached hydrogens (tertiary/aromatic N) is 2. The predicted molar refractivity (Wildman–Crippen MR) is 132 cm³/mol. The highest BCUT2D eigenvalue weighted by Crippen LogP contribution is 2.21. The second-order valence-electron chi connectivity index (χ2n) is 8.23. The van der Waals surface area contributed by atoms with Gasteiger partial charge < -0.3 is 4.90 Å². The Labute approximate surface area is 182 Å². The number of para-hydroxylation sites is 1. The van der Waals surface area contributed by atoms with Gasteiger partial charge in [0.1, 0.15) is 7.05 Å². The van der Waals surface area contributed by atoms with Crippen molar-refractivity contribution in [1.82, 2.24) is 0 Å². The quantitative estimate of drug-likeness (QED) is 0.247. The minimum atomic E-state index is 1.17. The van der Waals surface area contributed by atoms with Crippen LogP contribution in [0.1, 0.15) is 63.5 Å². The molecule has 30 heavy (non-hydrogen) atoms. The first-order valence-electron chi connectivity index (χ1n) is 11.6. The molecule has 2 heteroatoms. The molecule has 0 aliphatic carbocycles. The molecule has 3 aromatic rings. The van der Waals surface area contributed by atoms with E-state index in [1.165, 1.54) is 79.3 Å². The molecule has 0 atom stereocenters. The summed E-state index contributed by atoms with van der Waals surface area (Å²) in [5.41, 5.74) is 5.12. The van der Waals surface area contributed by atoms with Crippen molar-refractivity contribution < 1.29 is 4.57 Å². The molecule has 158 valence electrons. The third-order valence-corrected chi connectivity index (χ3v) is 5.85. The molecule has 0 N–H and O–H groups in total. The number of pyridine rings is 1. The first-order chi connectivity index (χ1) is 14.7. The fourth-order valence-corrected chi connectivity index (χ4v) is 3.99. The van der Waals surface area contributed by atoms with Crippen LogP contribution in [0.15, 0.2) is 60.8 Å². The van der Waals surface area contributed by atoms with Crippen molar-refractivity contribution in [2.75, 3.05) is 18.0 Å². The third-order valence-electron chi connectivity index (χ3n) is 5.85. The number of hydrogen-bond donors (Lipinski definition) is 0. The number of aryl methyl sites for hydroxylation is 1. The second kappa shape index (κ2) is 11.5. The molecule has 3 rings (SSSR count). The van der Waals surface area contributed by atoms with Gasteiger partial charge in [-0.3, -0.25) is 0 Å². The maximum atomic E-state index is 2.57. The van der Waals surface area contributed by atoms with Crippen molar-refractivity contribution in [2.45, 2.75) is 52.4 Å². The topological polar surface area (TPSA) is 7.12 Å². The highest BCUT2D eigenvalue weighted by Gasteiger charge is 2.08. The van der Waals surface area contributed by atoms with Crippen molar-refractivity contribution in [3.63, 3.8) is 0 Å². The molecule has 0 unspecified atom stereocenters. The van der Waals surface area contributed by atoms with Gasteiger partial charge in [0.05, 0.1) is 5.39 Å². The van der Waals surface area contributed by atoms with E-state index in [0.29, 0.717) is 0 Å². The van der Waals surface area contributed by atoms with Crippen LogP contribution in [0.25, 0.3) is 23.1 Å². The number of fused-ring (bicyclic) bond motifs is 1. The van der Waals surface area contributed by atoms with Crippen molar-refractivity contribution in [1.29, 1.82) is 0 Å². The Morgan fingerprint density at radius 2 is 1.43 bits per heavy atom. The highest BCUT2D eigenvalue weighted by molar-refractivity contribution is 5.88. The summed E-state index contributed by atoms with van der Waals surface area (Å²) in [6.07, 6.45) is 14.3. The van der Waals surface area contributed by atoms with Gasteiger partial charge in [0.15, 0.2) is 6.20 Å². The molecular formula is C28H37N2+. The molecule has 2 aromatic carbocycles. The summed E-state index contributed by atoms with van der Waals surface area (Å²) in [4.78, 5) is 2.57. The van der Waals surface area contributed by atoms with E-state index in [2.05, 4.69) is 103 Å². The summed E-state index contributed by atoms with van der Waals surface area (Å²) in [7, 11) is 2.10. The van der Waals surface area contributed by atoms with Gasteiger partial charge >= 0.3 is 0 Å². The lowest BCUT2D eigenvalue weighted by atomic mass is 10.1. The van der Waals surface area contributed by atoms with Gasteiger partial charge in [-0.15, -0.1) is 0 Å². The van der Waals surface area contributed by atoms with Gasteiger partial charge in [0.2, 0.25) is 5.52 Å². The second-order valence-corrected chi connectivity index (χ2v) is 8.23. The molecule has 0 amide bonds. The van der Waals surface area contributed by atoms with Crippen LogP contribution in [0.3, 0.4) is 0 Å². The van der Waals surface area contributed by atoms with Crippen LogP contribution in [0, 0.1) is 0 Å². The number of anilines is 1. The van der Waals surface area contributed by atoms with E-state index in [1.54, 1.807) is 0 Å². The largest absolute Gasteiger partial charge is 0.372 e. The molecule has 1 aromatic heterocycles. The van der Waals surface area contributed by atoms with E-state index < -0.39 is 0 Å². The van der Waals surface area contributed by atoms with Crippen LogP contribution in [-0.2, 0) is 7.05 Å². The van der Waals surface area contributed by atoms with E-state index in [4.69, 9.17) is 0 Å². The molecule has 0 fully saturated rings. The monoisotopic (exact) mass is 401 g/mol. The average molecular weight is 402 g/mol. The van der Waals surface area contributed by atoms with E-state index in [9.17, 15) is 0 Å². The first kappa shape index (κ1) is 22.1. The summed E-state index contributed by atoms with van der Waals surface area (Å²) in [6.45, 7) is 6.89. The Morgan fingerprint density at radius 1 is 0.767 bits per heavy atom. The number of rotatable bonds is 11. The van der Waals surface area contributed by atoms with Crippen molar-refractivity contribution in [2.24, 2.45) is 7.05 Å². The fraction of sp³-hybridized carbons (Fsp3) is 0.393. The summed E-state index contributed by atoms with van der Waals surface area (Å²) >= 11 is 0. The zero-order chi connectivity index (χ0) is 21.2. The lowest BCUT2D eigenvalue weighted by Crippen LogP contribution is -2.28. The van der Waals surface area contributed by atoms with Gasteiger partial charge in [-0.1, -0.05) is 75.9 Å². The Hall–Kier alpha value is -2.61. The van der Waals surface area contributed by atoms with Crippen molar-refractivity contribution in [3.8, 4) is 0 Å². The molecule has 0 spiro atoms. The van der Waals surface area contributed by atoms with Crippen LogP contribution in [0.4, 0.5) is 5.69 Å². The molecule has 0 saturated heterocycles. The number of aromatic nitrogens is 1. The van der Waals surface area contributed by atoms with Crippen molar-refractivity contribution >= 4 is 28.7 Å². The van der Waals surface area contributed by atoms with Gasteiger partial charge in [-0.2, -0.15) is 0 Å². The normalized spacial score (nSPS) is 11.4. The summed E-state index contributed by atoms with van der Waals surface area (Å²) < 4.78 is 2.17. The Balaban J connectivity index is 1.73. The van der Waals surface area contributed by atoms with E-state index in [0.717, 1.165) is 0 Å². The Kier molecular flexibility index (Phi) is 8.50. The fourth-order valence-electron chi connectivity index (χ4n) is 3.99. The summed E-state index contributed by atoms with van der Waals surface area (Å²) in [5.74, 6) is 0. The zero-order valence-electron chi connectivity index (χ0n) is 19.0. The SMILES string of the molecule is CCCCCN(CCCCC)c1ccc(C=Cc2cc[n+](C)c3ccccc23)cc1. The number of hydrogen-bond acceptors (Lipinski definition) is 1. The smallest absolute Gasteiger partial charge is 0.212 e. The maximum Gasteiger partial charge on any atom is 0.212 e. The van der Waals surface area contributed by atoms with Crippen LogP contribution in [0.5, 0.6) is 0 Å². The van der Waals surface area contributed by atoms with E-state index >= 15 is 0 Å². The van der Waals surface area contributed by atoms with Gasteiger partial charge in [-0.05, 0) is 42.2 Å². The molecule has 0 radical (unpaired) electrons. The van der Waals surface area contributed by atoms with E-state index in [-0.39, 0.29) is 0 Å². The van der Waals surface area contributed by atoms with Crippen molar-refractivity contribution in [3.05, 3.63) is 71.9 Å². The van der Waals surface area contributed by atoms with Gasteiger partial charge in [0.25, 0.3) is 0 Å². The van der Waals surface area contributed by atoms with Crippen LogP contribution in [-0.4, -0.2) is 13.1 Å². The maximum absolute atomic E-state index is 2.57. The molecular weight excluding hydrogens is 364 g/mol. The molecule has 2 nitrogen and oxygen atoms in total. The third kappa shape index (κ3) is 5.95. The standard InChI is InChI=1S/C28H37N2/c1-4-6-10-21-30(22-11-7-5-2)26-18-15-24(16-19-26)14-17-25-20-23-29(3)28-13-9-8-12-27(25)28/h8-9,12-20,23H,4-7,10-11,21-22H2,1-3H3/q+1. The zero-order valence-corrected chi connectivity index (χ0v) is 19.0. The lowest BCUT2D eigenvalue weighted by molar-refractivity contribution is -0.644. The number of unbranched alkanes of at least 4 members (excludes halogenated alkanes) is 4. The molecule has 0 bridgehead atoms. The lowest BCUT2D eigenvalue weighted by Gasteiger charge is -2.25. The minimum absolute atomic E-state index is 1.17. The van der Waals surface area contributed by atoms with E-state index in [1.807, 2.05) is 0 Å². The first-order valence-corrected chi connectivity index (χ1v) is 11.6. The molecule has 0 aliphatic rings. The van der Waals surface area contributed by atoms with Crippen LogP contribution in [0.2, 0.25) is 0 Å². The average Bonchev–Trinajstić information content (AvgIpc) is 2.78. The van der Waals surface area contributed by atoms with Gasteiger partial charge in [0, 0.05) is 30.9 Å². The van der Waals surface area contributed by atoms with Gasteiger partial charge in [-0.25, -0.2) is 4.57 Å². The Bertz CT molecular complexity index is 931. The molecule has 0 saturated carbocycles. The summed E-state index contributed by atoms with van der Waals surface area (Å²) in [5, 5.41) is 1.29. The number of benzene rings is 2.